The van der Waals surface area contributed by atoms with E-state index in [0.717, 1.165) is 25.1 Å². The lowest BCUT2D eigenvalue weighted by molar-refractivity contribution is -0.133. The van der Waals surface area contributed by atoms with Crippen LogP contribution in [0.15, 0.2) is 29.2 Å². The molecule has 1 aromatic rings. The number of likely N-dealkylation sites (tertiary alicyclic amines) is 1. The average molecular weight is 279 g/mol. The number of hydrogen-bond donors (Lipinski definition) is 1. The number of aliphatic hydroxyl groups is 1. The Morgan fingerprint density at radius 1 is 1.42 bits per heavy atom. The van der Waals surface area contributed by atoms with E-state index in [1.807, 2.05) is 0 Å². The summed E-state index contributed by atoms with van der Waals surface area (Å²) in [6, 6.07) is 8.36. The van der Waals surface area contributed by atoms with Gasteiger partial charge in [-0.3, -0.25) is 4.79 Å². The lowest BCUT2D eigenvalue weighted by atomic mass is 10.1. The van der Waals surface area contributed by atoms with E-state index in [9.17, 15) is 9.90 Å². The Morgan fingerprint density at radius 3 is 2.84 bits per heavy atom. The van der Waals surface area contributed by atoms with Crippen LogP contribution < -0.4 is 0 Å². The molecule has 104 valence electrons. The lowest BCUT2D eigenvalue weighted by Crippen LogP contribution is -2.42. The van der Waals surface area contributed by atoms with Gasteiger partial charge in [0.25, 0.3) is 0 Å². The molecule has 0 spiro atoms. The molecule has 1 N–H and O–H groups in total. The van der Waals surface area contributed by atoms with Gasteiger partial charge in [-0.25, -0.2) is 0 Å². The van der Waals surface area contributed by atoms with Crippen molar-refractivity contribution in [1.29, 1.82) is 0 Å². The van der Waals surface area contributed by atoms with E-state index in [1.165, 1.54) is 10.5 Å². The molecule has 0 radical (unpaired) electrons. The van der Waals surface area contributed by atoms with Crippen LogP contribution in [0.5, 0.6) is 0 Å². The van der Waals surface area contributed by atoms with Crippen molar-refractivity contribution in [2.24, 2.45) is 0 Å². The Kier molecular flexibility index (Phi) is 5.28. The summed E-state index contributed by atoms with van der Waals surface area (Å²) in [5.41, 5.74) is 1.25. The van der Waals surface area contributed by atoms with E-state index in [1.54, 1.807) is 16.7 Å². The first-order valence-electron chi connectivity index (χ1n) is 6.80. The molecule has 1 aliphatic rings. The zero-order chi connectivity index (χ0) is 13.7. The van der Waals surface area contributed by atoms with Crippen LogP contribution in [0.1, 0.15) is 24.8 Å². The molecule has 4 heteroatoms. The van der Waals surface area contributed by atoms with Gasteiger partial charge in [-0.15, -0.1) is 11.8 Å². The molecule has 1 fully saturated rings. The van der Waals surface area contributed by atoms with E-state index in [-0.39, 0.29) is 12.0 Å². The Balaban J connectivity index is 1.73. The second-order valence-corrected chi connectivity index (χ2v) is 6.22. The van der Waals surface area contributed by atoms with Crippen molar-refractivity contribution in [2.45, 2.75) is 37.2 Å². The third-order valence-electron chi connectivity index (χ3n) is 3.35. The number of carbonyl (C=O) groups is 1. The number of amides is 1. The number of hydrogen-bond acceptors (Lipinski definition) is 3. The molecule has 1 amide bonds. The van der Waals surface area contributed by atoms with E-state index in [4.69, 9.17) is 0 Å². The van der Waals surface area contributed by atoms with Gasteiger partial charge >= 0.3 is 0 Å². The fourth-order valence-corrected chi connectivity index (χ4v) is 3.07. The lowest BCUT2D eigenvalue weighted by Gasteiger charge is -2.30. The van der Waals surface area contributed by atoms with Crippen LogP contribution in [-0.2, 0) is 4.79 Å². The number of β-amino-alcohol motifs (C(OH)–C–C–N with tert-alkyl or cyclic N) is 1. The zero-order valence-corrected chi connectivity index (χ0v) is 12.2. The summed E-state index contributed by atoms with van der Waals surface area (Å²) >= 11 is 1.71. The maximum absolute atomic E-state index is 12.0. The average Bonchev–Trinajstić information content (AvgIpc) is 2.41. The smallest absolute Gasteiger partial charge is 0.223 e. The standard InChI is InChI=1S/C15H21NO2S/c1-12-4-6-14(7-5-12)19-10-8-15(18)16-9-2-3-13(17)11-16/h4-7,13,17H,2-3,8-11H2,1H3. The molecule has 3 nitrogen and oxygen atoms in total. The van der Waals surface area contributed by atoms with E-state index in [2.05, 4.69) is 31.2 Å². The van der Waals surface area contributed by atoms with Crippen LogP contribution in [0.3, 0.4) is 0 Å². The van der Waals surface area contributed by atoms with Crippen molar-refractivity contribution >= 4 is 17.7 Å². The summed E-state index contributed by atoms with van der Waals surface area (Å²) in [6.07, 6.45) is 1.95. The van der Waals surface area contributed by atoms with Crippen LogP contribution in [0, 0.1) is 6.92 Å². The van der Waals surface area contributed by atoms with E-state index in [0.29, 0.717) is 13.0 Å². The first-order chi connectivity index (χ1) is 9.15. The van der Waals surface area contributed by atoms with Gasteiger partial charge in [-0.2, -0.15) is 0 Å². The number of aliphatic hydroxyl groups excluding tert-OH is 1. The zero-order valence-electron chi connectivity index (χ0n) is 11.3. The number of benzene rings is 1. The van der Waals surface area contributed by atoms with Crippen molar-refractivity contribution in [2.75, 3.05) is 18.8 Å². The summed E-state index contributed by atoms with van der Waals surface area (Å²) in [4.78, 5) is 15.0. The number of thioether (sulfide) groups is 1. The second-order valence-electron chi connectivity index (χ2n) is 5.05. The largest absolute Gasteiger partial charge is 0.391 e. The Hall–Kier alpha value is -1.00. The fraction of sp³-hybridized carbons (Fsp3) is 0.533. The van der Waals surface area contributed by atoms with Crippen LogP contribution in [-0.4, -0.2) is 40.9 Å². The quantitative estimate of drug-likeness (QED) is 0.861. The van der Waals surface area contributed by atoms with Gasteiger partial charge in [0.2, 0.25) is 5.91 Å². The summed E-state index contributed by atoms with van der Waals surface area (Å²) in [7, 11) is 0. The summed E-state index contributed by atoms with van der Waals surface area (Å²) in [5.74, 6) is 0.965. The van der Waals surface area contributed by atoms with Crippen molar-refractivity contribution in [1.82, 2.24) is 4.90 Å². The van der Waals surface area contributed by atoms with Gasteiger partial charge < -0.3 is 10.0 Å². The van der Waals surface area contributed by atoms with Gasteiger partial charge in [0.15, 0.2) is 0 Å². The summed E-state index contributed by atoms with van der Waals surface area (Å²) in [5, 5.41) is 9.56. The first-order valence-corrected chi connectivity index (χ1v) is 7.79. The molecule has 1 atom stereocenters. The second kappa shape index (κ2) is 6.96. The van der Waals surface area contributed by atoms with Gasteiger partial charge in [-0.05, 0) is 31.9 Å². The molecule has 19 heavy (non-hydrogen) atoms. The molecule has 1 aliphatic heterocycles. The molecule has 1 aromatic carbocycles. The van der Waals surface area contributed by atoms with E-state index >= 15 is 0 Å². The van der Waals surface area contributed by atoms with Gasteiger partial charge in [0.05, 0.1) is 6.10 Å². The fourth-order valence-electron chi connectivity index (χ4n) is 2.23. The minimum Gasteiger partial charge on any atom is -0.391 e. The predicted octanol–water partition coefficient (Wildman–Crippen LogP) is 2.46. The molecular weight excluding hydrogens is 258 g/mol. The molecule has 2 rings (SSSR count). The highest BCUT2D eigenvalue weighted by molar-refractivity contribution is 7.99. The highest BCUT2D eigenvalue weighted by Crippen LogP contribution is 2.20. The molecule has 0 aromatic heterocycles. The third-order valence-corrected chi connectivity index (χ3v) is 4.37. The van der Waals surface area contributed by atoms with Crippen molar-refractivity contribution < 1.29 is 9.90 Å². The van der Waals surface area contributed by atoms with E-state index < -0.39 is 0 Å². The molecule has 1 unspecified atom stereocenters. The monoisotopic (exact) mass is 279 g/mol. The number of carbonyl (C=O) groups excluding carboxylic acids is 1. The number of nitrogens with zero attached hydrogens (tertiary/aromatic N) is 1. The molecule has 0 saturated carbocycles. The Labute approximate surface area is 119 Å². The molecule has 0 bridgehead atoms. The van der Waals surface area contributed by atoms with Crippen molar-refractivity contribution in [3.8, 4) is 0 Å². The van der Waals surface area contributed by atoms with Crippen LogP contribution in [0.4, 0.5) is 0 Å². The molecule has 1 saturated heterocycles. The highest BCUT2D eigenvalue weighted by atomic mass is 32.2. The van der Waals surface area contributed by atoms with Crippen LogP contribution >= 0.6 is 11.8 Å². The van der Waals surface area contributed by atoms with Crippen LogP contribution in [0.2, 0.25) is 0 Å². The molecule has 0 aliphatic carbocycles. The topological polar surface area (TPSA) is 40.5 Å². The Morgan fingerprint density at radius 2 is 2.16 bits per heavy atom. The number of aryl methyl sites for hydroxylation is 1. The third kappa shape index (κ3) is 4.55. The number of piperidine rings is 1. The summed E-state index contributed by atoms with van der Waals surface area (Å²) in [6.45, 7) is 3.37. The van der Waals surface area contributed by atoms with Gasteiger partial charge in [0, 0.05) is 30.2 Å². The maximum Gasteiger partial charge on any atom is 0.223 e. The predicted molar refractivity (Wildman–Crippen MR) is 78.3 cm³/mol. The van der Waals surface area contributed by atoms with Gasteiger partial charge in [0.1, 0.15) is 0 Å². The maximum atomic E-state index is 12.0. The molecular formula is C15H21NO2S. The summed E-state index contributed by atoms with van der Waals surface area (Å²) < 4.78 is 0. The highest BCUT2D eigenvalue weighted by Gasteiger charge is 2.21. The molecule has 1 heterocycles. The first kappa shape index (κ1) is 14.4. The SMILES string of the molecule is Cc1ccc(SCCC(=O)N2CCCC(O)C2)cc1. The van der Waals surface area contributed by atoms with Gasteiger partial charge in [-0.1, -0.05) is 17.7 Å². The minimum absolute atomic E-state index is 0.165. The van der Waals surface area contributed by atoms with Crippen molar-refractivity contribution in [3.63, 3.8) is 0 Å². The normalized spacial score (nSPS) is 19.5. The van der Waals surface area contributed by atoms with Crippen molar-refractivity contribution in [3.05, 3.63) is 29.8 Å². The Bertz CT molecular complexity index is 419. The number of rotatable bonds is 4. The van der Waals surface area contributed by atoms with Crippen LogP contribution in [0.25, 0.3) is 0 Å². The minimum atomic E-state index is -0.331.